The highest BCUT2D eigenvalue weighted by atomic mass is 16.6. The van der Waals surface area contributed by atoms with Gasteiger partial charge in [-0.15, -0.1) is 0 Å². The van der Waals surface area contributed by atoms with Gasteiger partial charge in [-0.25, -0.2) is 4.79 Å². The Hall–Kier alpha value is -3.07. The van der Waals surface area contributed by atoms with E-state index in [2.05, 4.69) is 20.8 Å². The summed E-state index contributed by atoms with van der Waals surface area (Å²) in [6.45, 7) is 14.0. The van der Waals surface area contributed by atoms with Gasteiger partial charge in [-0.05, 0) is 47.9 Å². The lowest BCUT2D eigenvalue weighted by Gasteiger charge is -2.43. The standard InChI is InChI=1S/C27H37NO5/c1-25(2,3)19-27(7,26(4,5)6)24(30)33-16-15-32-23(29)21(18-28)13-9-11-20-12-10-14-22(17-20)31-8/h9-14,17H,15-16,19H2,1-8H3. The average molecular weight is 456 g/mol. The van der Waals surface area contributed by atoms with E-state index < -0.39 is 11.4 Å². The van der Waals surface area contributed by atoms with Crippen LogP contribution in [-0.2, 0) is 19.1 Å². The molecule has 0 aliphatic rings. The third-order valence-corrected chi connectivity index (χ3v) is 5.53. The van der Waals surface area contributed by atoms with E-state index in [4.69, 9.17) is 14.2 Å². The number of hydrogen-bond donors (Lipinski definition) is 0. The number of benzene rings is 1. The van der Waals surface area contributed by atoms with Crippen LogP contribution in [0.4, 0.5) is 0 Å². The highest BCUT2D eigenvalue weighted by Gasteiger charge is 2.47. The normalized spacial score (nSPS) is 14.3. The Morgan fingerprint density at radius 2 is 1.67 bits per heavy atom. The first-order valence-electron chi connectivity index (χ1n) is 11.0. The molecule has 0 fully saturated rings. The lowest BCUT2D eigenvalue weighted by atomic mass is 9.61. The van der Waals surface area contributed by atoms with Gasteiger partial charge in [0.1, 0.15) is 30.6 Å². The molecule has 180 valence electrons. The van der Waals surface area contributed by atoms with Gasteiger partial charge < -0.3 is 14.2 Å². The molecule has 0 aromatic heterocycles. The first-order valence-corrected chi connectivity index (χ1v) is 11.0. The van der Waals surface area contributed by atoms with Gasteiger partial charge in [-0.1, -0.05) is 65.8 Å². The van der Waals surface area contributed by atoms with Crippen LogP contribution in [0.25, 0.3) is 6.08 Å². The lowest BCUT2D eigenvalue weighted by Crippen LogP contribution is -2.44. The third kappa shape index (κ3) is 8.76. The van der Waals surface area contributed by atoms with Crippen molar-refractivity contribution in [2.45, 2.75) is 54.9 Å². The monoisotopic (exact) mass is 455 g/mol. The van der Waals surface area contributed by atoms with E-state index in [1.165, 1.54) is 6.08 Å². The van der Waals surface area contributed by atoms with E-state index >= 15 is 0 Å². The Labute approximate surface area is 198 Å². The predicted octanol–water partition coefficient (Wildman–Crippen LogP) is 5.73. The van der Waals surface area contributed by atoms with Gasteiger partial charge in [-0.2, -0.15) is 5.26 Å². The Morgan fingerprint density at radius 3 is 2.21 bits per heavy atom. The summed E-state index contributed by atoms with van der Waals surface area (Å²) in [5, 5.41) is 9.27. The van der Waals surface area contributed by atoms with Gasteiger partial charge >= 0.3 is 11.9 Å². The van der Waals surface area contributed by atoms with Gasteiger partial charge in [0.05, 0.1) is 12.5 Å². The van der Waals surface area contributed by atoms with Crippen LogP contribution in [-0.4, -0.2) is 32.3 Å². The molecule has 1 aromatic carbocycles. The van der Waals surface area contributed by atoms with Gasteiger partial charge in [0.2, 0.25) is 0 Å². The number of nitrogens with zero attached hydrogens (tertiary/aromatic N) is 1. The van der Waals surface area contributed by atoms with Crippen LogP contribution >= 0.6 is 0 Å². The highest BCUT2D eigenvalue weighted by Crippen LogP contribution is 2.47. The zero-order chi connectivity index (χ0) is 25.3. The average Bonchev–Trinajstić information content (AvgIpc) is 2.72. The van der Waals surface area contributed by atoms with Crippen molar-refractivity contribution in [1.29, 1.82) is 5.26 Å². The van der Waals surface area contributed by atoms with Crippen LogP contribution in [0.3, 0.4) is 0 Å². The molecule has 1 aromatic rings. The molecule has 0 N–H and O–H groups in total. The molecule has 0 bridgehead atoms. The van der Waals surface area contributed by atoms with Crippen molar-refractivity contribution < 1.29 is 23.8 Å². The maximum atomic E-state index is 12.9. The number of hydrogen-bond acceptors (Lipinski definition) is 6. The van der Waals surface area contributed by atoms with E-state index in [9.17, 15) is 14.9 Å². The van der Waals surface area contributed by atoms with Crippen molar-refractivity contribution in [3.05, 3.63) is 47.6 Å². The van der Waals surface area contributed by atoms with Gasteiger partial charge in [0.15, 0.2) is 0 Å². The van der Waals surface area contributed by atoms with Crippen LogP contribution in [0.1, 0.15) is 60.5 Å². The van der Waals surface area contributed by atoms with Crippen LogP contribution in [0.2, 0.25) is 0 Å². The Bertz CT molecular complexity index is 925. The molecule has 1 rings (SSSR count). The quantitative estimate of drug-likeness (QED) is 0.155. The molecule has 0 saturated heterocycles. The molecule has 1 unspecified atom stereocenters. The minimum atomic E-state index is -0.767. The van der Waals surface area contributed by atoms with Crippen LogP contribution in [0.15, 0.2) is 42.0 Å². The predicted molar refractivity (Wildman–Crippen MR) is 129 cm³/mol. The minimum absolute atomic E-state index is 0.0571. The first-order chi connectivity index (χ1) is 15.2. The number of esters is 2. The largest absolute Gasteiger partial charge is 0.497 e. The minimum Gasteiger partial charge on any atom is -0.497 e. The molecule has 1 atom stereocenters. The molecule has 0 radical (unpaired) electrons. The van der Waals surface area contributed by atoms with Crippen molar-refractivity contribution in [3.63, 3.8) is 0 Å². The fourth-order valence-corrected chi connectivity index (χ4v) is 3.36. The number of ether oxygens (including phenoxy) is 3. The summed E-state index contributed by atoms with van der Waals surface area (Å²) in [4.78, 5) is 25.1. The molecule has 0 aliphatic carbocycles. The maximum Gasteiger partial charge on any atom is 0.349 e. The second kappa shape index (κ2) is 11.7. The summed E-state index contributed by atoms with van der Waals surface area (Å²) in [6.07, 6.45) is 5.38. The van der Waals surface area contributed by atoms with Crippen molar-refractivity contribution in [1.82, 2.24) is 0 Å². The molecular weight excluding hydrogens is 418 g/mol. The number of carbonyl (C=O) groups is 2. The smallest absolute Gasteiger partial charge is 0.349 e. The van der Waals surface area contributed by atoms with Gasteiger partial charge in [0.25, 0.3) is 0 Å². The summed E-state index contributed by atoms with van der Waals surface area (Å²) < 4.78 is 15.7. The molecule has 0 heterocycles. The topological polar surface area (TPSA) is 85.6 Å². The van der Waals surface area contributed by atoms with Crippen LogP contribution in [0, 0.1) is 27.6 Å². The van der Waals surface area contributed by atoms with Gasteiger partial charge in [0, 0.05) is 0 Å². The Balaban J connectivity index is 2.68. The summed E-state index contributed by atoms with van der Waals surface area (Å²) in [5.41, 5.74) is -0.344. The van der Waals surface area contributed by atoms with E-state index in [1.807, 2.05) is 58.0 Å². The van der Waals surface area contributed by atoms with Crippen molar-refractivity contribution >= 4 is 18.0 Å². The number of nitriles is 1. The fraction of sp³-hybridized carbons (Fsp3) is 0.519. The maximum absolute atomic E-state index is 12.9. The second-order valence-electron chi connectivity index (χ2n) is 10.4. The first kappa shape index (κ1) is 28.0. The van der Waals surface area contributed by atoms with Crippen molar-refractivity contribution in [3.8, 4) is 11.8 Å². The van der Waals surface area contributed by atoms with E-state index in [1.54, 1.807) is 19.3 Å². The summed E-state index contributed by atoms with van der Waals surface area (Å²) in [5.74, 6) is -0.379. The molecule has 0 aliphatic heterocycles. The fourth-order valence-electron chi connectivity index (χ4n) is 3.36. The van der Waals surface area contributed by atoms with E-state index in [-0.39, 0.29) is 35.6 Å². The molecule has 33 heavy (non-hydrogen) atoms. The number of methoxy groups -OCH3 is 1. The summed E-state index contributed by atoms with van der Waals surface area (Å²) in [7, 11) is 1.58. The zero-order valence-corrected chi connectivity index (χ0v) is 21.2. The zero-order valence-electron chi connectivity index (χ0n) is 21.2. The number of carbonyl (C=O) groups excluding carboxylic acids is 2. The molecule has 6 heteroatoms. The van der Waals surface area contributed by atoms with Crippen LogP contribution < -0.4 is 4.74 Å². The van der Waals surface area contributed by atoms with Crippen molar-refractivity contribution in [2.75, 3.05) is 20.3 Å². The molecule has 0 saturated carbocycles. The number of allylic oxidation sites excluding steroid dienone is 2. The van der Waals surface area contributed by atoms with Crippen LogP contribution in [0.5, 0.6) is 5.75 Å². The lowest BCUT2D eigenvalue weighted by molar-refractivity contribution is -0.167. The van der Waals surface area contributed by atoms with E-state index in [0.717, 1.165) is 5.56 Å². The molecule has 6 nitrogen and oxygen atoms in total. The Kier molecular flexibility index (Phi) is 9.91. The van der Waals surface area contributed by atoms with Gasteiger partial charge in [-0.3, -0.25) is 4.79 Å². The highest BCUT2D eigenvalue weighted by molar-refractivity contribution is 5.93. The SMILES string of the molecule is COc1cccc(C=CC=C(C#N)C(=O)OCCOC(=O)C(C)(CC(C)(C)C)C(C)(C)C)c1. The van der Waals surface area contributed by atoms with E-state index in [0.29, 0.717) is 12.2 Å². The Morgan fingerprint density at radius 1 is 1.03 bits per heavy atom. The molecular formula is C27H37NO5. The third-order valence-electron chi connectivity index (χ3n) is 5.53. The number of rotatable bonds is 9. The van der Waals surface area contributed by atoms with Crippen molar-refractivity contribution in [2.24, 2.45) is 16.2 Å². The summed E-state index contributed by atoms with van der Waals surface area (Å²) >= 11 is 0. The summed E-state index contributed by atoms with van der Waals surface area (Å²) in [6, 6.07) is 9.20. The molecule has 0 amide bonds. The second-order valence-corrected chi connectivity index (χ2v) is 10.4. The molecule has 0 spiro atoms.